The molecule has 5 rings (SSSR count). The minimum atomic E-state index is -0.592. The number of aryl methyl sites for hydroxylation is 1. The van der Waals surface area contributed by atoms with Crippen LogP contribution in [0.25, 0.3) is 27.6 Å². The molecule has 0 spiro atoms. The number of amides is 1. The Kier molecular flexibility index (Phi) is 7.52. The van der Waals surface area contributed by atoms with Crippen molar-refractivity contribution in [2.75, 3.05) is 13.1 Å². The van der Waals surface area contributed by atoms with Crippen molar-refractivity contribution in [2.45, 2.75) is 71.9 Å². The van der Waals surface area contributed by atoms with Gasteiger partial charge in [-0.2, -0.15) is 0 Å². The average molecular weight is 564 g/mol. The van der Waals surface area contributed by atoms with E-state index in [0.29, 0.717) is 21.6 Å². The number of likely N-dealkylation sites (tertiary alicyclic amines) is 1. The zero-order valence-electron chi connectivity index (χ0n) is 23.8. The number of rotatable bonds is 5. The summed E-state index contributed by atoms with van der Waals surface area (Å²) in [5, 5.41) is 12.0. The number of nitrogens with zero attached hydrogens (tertiary/aromatic N) is 3. The van der Waals surface area contributed by atoms with E-state index in [4.69, 9.17) is 21.4 Å². The van der Waals surface area contributed by atoms with Gasteiger partial charge in [-0.3, -0.25) is 0 Å². The van der Waals surface area contributed by atoms with Gasteiger partial charge >= 0.3 is 11.8 Å². The number of phenolic OH excluding ortho intramolecular Hbond substituents is 1. The molecule has 8 nitrogen and oxygen atoms in total. The van der Waals surface area contributed by atoms with Gasteiger partial charge in [0.1, 0.15) is 21.6 Å². The van der Waals surface area contributed by atoms with Crippen LogP contribution in [0, 0.1) is 10.6 Å². The highest BCUT2D eigenvalue weighted by molar-refractivity contribution is 7.71. The summed E-state index contributed by atoms with van der Waals surface area (Å²) < 4.78 is 15.1. The normalized spacial score (nSPS) is 14.9. The molecule has 0 atom stereocenters. The molecule has 1 aliphatic heterocycles. The van der Waals surface area contributed by atoms with Crippen LogP contribution in [-0.4, -0.2) is 43.9 Å². The predicted octanol–water partition coefficient (Wildman–Crippen LogP) is 7.13. The average Bonchev–Trinajstić information content (AvgIpc) is 3.28. The van der Waals surface area contributed by atoms with E-state index in [9.17, 15) is 14.7 Å². The minimum absolute atomic E-state index is 0.0906. The predicted molar refractivity (Wildman–Crippen MR) is 159 cm³/mol. The summed E-state index contributed by atoms with van der Waals surface area (Å²) in [6, 6.07) is 11.2. The van der Waals surface area contributed by atoms with Gasteiger partial charge in [-0.1, -0.05) is 26.1 Å². The molecule has 2 aromatic heterocycles. The summed E-state index contributed by atoms with van der Waals surface area (Å²) in [5.74, 6) is 0.138. The fraction of sp³-hybridized carbons (Fsp3) is 0.452. The minimum Gasteiger partial charge on any atom is -0.508 e. The van der Waals surface area contributed by atoms with Crippen molar-refractivity contribution in [3.63, 3.8) is 0 Å². The first-order chi connectivity index (χ1) is 18.9. The lowest BCUT2D eigenvalue weighted by Crippen LogP contribution is -2.41. The SMILES string of the molecule is CC(C)c1cc2c(=S)n(-c3ccc4c(ccn4CCC4CCN(C(=O)OC(C)(C)C)CC4)c3)c(=O)oc2cc1O. The van der Waals surface area contributed by atoms with E-state index >= 15 is 0 Å². The van der Waals surface area contributed by atoms with Gasteiger partial charge in [0.2, 0.25) is 0 Å². The molecule has 0 aliphatic carbocycles. The first kappa shape index (κ1) is 28.0. The molecule has 0 bridgehead atoms. The quantitative estimate of drug-likeness (QED) is 0.260. The first-order valence-corrected chi connectivity index (χ1v) is 14.3. The maximum absolute atomic E-state index is 12.9. The number of hydrogen-bond donors (Lipinski definition) is 1. The smallest absolute Gasteiger partial charge is 0.425 e. The number of ether oxygens (including phenoxy) is 1. The Hall–Kier alpha value is -3.59. The number of aromatic nitrogens is 2. The van der Waals surface area contributed by atoms with Crippen LogP contribution >= 0.6 is 12.2 Å². The molecule has 1 amide bonds. The third-order valence-electron chi connectivity index (χ3n) is 7.62. The second-order valence-electron chi connectivity index (χ2n) is 12.0. The van der Waals surface area contributed by atoms with Crippen molar-refractivity contribution in [1.29, 1.82) is 0 Å². The summed E-state index contributed by atoms with van der Waals surface area (Å²) in [6.07, 6.45) is 4.81. The van der Waals surface area contributed by atoms with Crippen LogP contribution in [0.5, 0.6) is 5.75 Å². The van der Waals surface area contributed by atoms with Gasteiger partial charge in [-0.25, -0.2) is 14.2 Å². The van der Waals surface area contributed by atoms with Crippen LogP contribution in [0.1, 0.15) is 65.4 Å². The van der Waals surface area contributed by atoms with Gasteiger partial charge in [0.25, 0.3) is 0 Å². The fourth-order valence-electron chi connectivity index (χ4n) is 5.44. The monoisotopic (exact) mass is 563 g/mol. The molecule has 0 saturated carbocycles. The van der Waals surface area contributed by atoms with Crippen molar-refractivity contribution in [3.05, 3.63) is 63.3 Å². The van der Waals surface area contributed by atoms with Gasteiger partial charge in [0.05, 0.1) is 11.1 Å². The molecule has 9 heteroatoms. The Morgan fingerprint density at radius 2 is 1.88 bits per heavy atom. The maximum Gasteiger partial charge on any atom is 0.425 e. The third-order valence-corrected chi connectivity index (χ3v) is 8.02. The Balaban J connectivity index is 1.32. The molecular weight excluding hydrogens is 526 g/mol. The maximum atomic E-state index is 12.9. The zero-order chi connectivity index (χ0) is 28.8. The molecule has 0 unspecified atom stereocenters. The second-order valence-corrected chi connectivity index (χ2v) is 12.4. The van der Waals surface area contributed by atoms with E-state index in [1.165, 1.54) is 10.6 Å². The Labute approximate surface area is 238 Å². The summed E-state index contributed by atoms with van der Waals surface area (Å²) in [7, 11) is 0. The third kappa shape index (κ3) is 5.66. The van der Waals surface area contributed by atoms with Gasteiger partial charge in [0.15, 0.2) is 0 Å². The summed E-state index contributed by atoms with van der Waals surface area (Å²) in [4.78, 5) is 27.1. The van der Waals surface area contributed by atoms with Crippen LogP contribution in [0.15, 0.2) is 51.8 Å². The van der Waals surface area contributed by atoms with Crippen LogP contribution in [0.2, 0.25) is 0 Å². The lowest BCUT2D eigenvalue weighted by Gasteiger charge is -2.33. The highest BCUT2D eigenvalue weighted by Crippen LogP contribution is 2.31. The van der Waals surface area contributed by atoms with Crippen LogP contribution < -0.4 is 5.76 Å². The lowest BCUT2D eigenvalue weighted by molar-refractivity contribution is 0.0180. The summed E-state index contributed by atoms with van der Waals surface area (Å²) in [5.41, 5.74) is 2.27. The molecule has 0 radical (unpaired) electrons. The van der Waals surface area contributed by atoms with Gasteiger partial charge in [0, 0.05) is 42.8 Å². The second kappa shape index (κ2) is 10.8. The summed E-state index contributed by atoms with van der Waals surface area (Å²) in [6.45, 7) is 12.0. The molecule has 1 N–H and O–H groups in total. The van der Waals surface area contributed by atoms with E-state index < -0.39 is 11.4 Å². The number of aromatic hydroxyl groups is 1. The topological polar surface area (TPSA) is 89.8 Å². The highest BCUT2D eigenvalue weighted by Gasteiger charge is 2.26. The standard InChI is InChI=1S/C31H37N3O5S/c1-19(2)23-17-24-27(18-26(23)35)38-30(37)34(28(24)40)22-6-7-25-21(16-22)11-15-32(25)12-8-20-9-13-33(14-10-20)29(36)39-31(3,4)5/h6-7,11,15-20,35H,8-10,12-14H2,1-5H3. The first-order valence-electron chi connectivity index (χ1n) is 13.9. The highest BCUT2D eigenvalue weighted by atomic mass is 32.1. The van der Waals surface area contributed by atoms with Gasteiger partial charge in [-0.15, -0.1) is 0 Å². The molecular formula is C31H37N3O5S. The number of hydrogen-bond acceptors (Lipinski definition) is 6. The molecule has 40 heavy (non-hydrogen) atoms. The molecule has 4 aromatic rings. The van der Waals surface area contributed by atoms with Crippen LogP contribution in [0.4, 0.5) is 4.79 Å². The lowest BCUT2D eigenvalue weighted by atomic mass is 9.94. The number of carbonyl (C=O) groups is 1. The van der Waals surface area contributed by atoms with Crippen molar-refractivity contribution in [3.8, 4) is 11.4 Å². The van der Waals surface area contributed by atoms with Crippen LogP contribution in [-0.2, 0) is 11.3 Å². The van der Waals surface area contributed by atoms with Crippen molar-refractivity contribution >= 4 is 40.2 Å². The van der Waals surface area contributed by atoms with Crippen molar-refractivity contribution in [2.24, 2.45) is 5.92 Å². The molecule has 212 valence electrons. The Bertz CT molecular complexity index is 1680. The summed E-state index contributed by atoms with van der Waals surface area (Å²) >= 11 is 5.73. The molecule has 3 heterocycles. The van der Waals surface area contributed by atoms with E-state index in [0.717, 1.165) is 55.4 Å². The Morgan fingerprint density at radius 3 is 2.55 bits per heavy atom. The van der Waals surface area contributed by atoms with Gasteiger partial charge < -0.3 is 23.7 Å². The Morgan fingerprint density at radius 1 is 1.15 bits per heavy atom. The van der Waals surface area contributed by atoms with Crippen molar-refractivity contribution in [1.82, 2.24) is 14.0 Å². The number of benzene rings is 2. The zero-order valence-corrected chi connectivity index (χ0v) is 24.6. The molecule has 2 aromatic carbocycles. The van der Waals surface area contributed by atoms with E-state index in [2.05, 4.69) is 10.8 Å². The van der Waals surface area contributed by atoms with Crippen LogP contribution in [0.3, 0.4) is 0 Å². The molecule has 1 aliphatic rings. The largest absolute Gasteiger partial charge is 0.508 e. The van der Waals surface area contributed by atoms with E-state index in [1.54, 1.807) is 0 Å². The van der Waals surface area contributed by atoms with Gasteiger partial charge in [-0.05, 0) is 87.8 Å². The van der Waals surface area contributed by atoms with E-state index in [1.807, 2.05) is 69.9 Å². The molecule has 1 saturated heterocycles. The number of phenols is 1. The fourth-order valence-corrected chi connectivity index (χ4v) is 5.78. The molecule has 1 fully saturated rings. The number of piperidine rings is 1. The van der Waals surface area contributed by atoms with Crippen molar-refractivity contribution < 1.29 is 19.1 Å². The number of carbonyl (C=O) groups excluding carboxylic acids is 1. The number of fused-ring (bicyclic) bond motifs is 2. The van der Waals surface area contributed by atoms with E-state index in [-0.39, 0.29) is 23.3 Å².